The van der Waals surface area contributed by atoms with E-state index in [4.69, 9.17) is 22.1 Å². The van der Waals surface area contributed by atoms with Crippen LogP contribution in [0, 0.1) is 0 Å². The minimum Gasteiger partial charge on any atom is -0.446 e. The summed E-state index contributed by atoms with van der Waals surface area (Å²) in [5, 5.41) is 5.64. The Kier molecular flexibility index (Phi) is 4.12. The SMILES string of the molecule is NC(=O)OC1CCC(Nc2nc(Cl)nc3ccsc23)CC1. The second kappa shape index (κ2) is 6.03. The summed E-state index contributed by atoms with van der Waals surface area (Å²) in [6, 6.07) is 2.21. The monoisotopic (exact) mass is 326 g/mol. The molecule has 0 radical (unpaired) electrons. The molecule has 1 amide bonds. The van der Waals surface area contributed by atoms with Crippen molar-refractivity contribution < 1.29 is 9.53 Å². The molecule has 0 spiro atoms. The number of nitrogens with zero attached hydrogens (tertiary/aromatic N) is 2. The van der Waals surface area contributed by atoms with Crippen LogP contribution in [-0.2, 0) is 4.74 Å². The van der Waals surface area contributed by atoms with E-state index in [2.05, 4.69) is 15.3 Å². The van der Waals surface area contributed by atoms with E-state index in [-0.39, 0.29) is 17.4 Å². The van der Waals surface area contributed by atoms with Gasteiger partial charge >= 0.3 is 6.09 Å². The first-order valence-electron chi connectivity index (χ1n) is 6.75. The van der Waals surface area contributed by atoms with Crippen molar-refractivity contribution in [2.24, 2.45) is 5.73 Å². The van der Waals surface area contributed by atoms with Gasteiger partial charge in [-0.05, 0) is 48.7 Å². The molecule has 8 heteroatoms. The molecule has 0 bridgehead atoms. The van der Waals surface area contributed by atoms with E-state index in [1.165, 1.54) is 0 Å². The lowest BCUT2D eigenvalue weighted by atomic mass is 9.93. The molecular formula is C13H15ClN4O2S. The number of anilines is 1. The first-order valence-corrected chi connectivity index (χ1v) is 8.01. The number of thiophene rings is 1. The molecule has 0 aromatic carbocycles. The molecule has 2 aromatic heterocycles. The van der Waals surface area contributed by atoms with Crippen LogP contribution in [0.2, 0.25) is 5.28 Å². The molecule has 2 heterocycles. The van der Waals surface area contributed by atoms with Crippen LogP contribution < -0.4 is 11.1 Å². The molecule has 0 unspecified atom stereocenters. The van der Waals surface area contributed by atoms with E-state index in [0.717, 1.165) is 41.7 Å². The summed E-state index contributed by atoms with van der Waals surface area (Å²) >= 11 is 7.54. The fourth-order valence-electron chi connectivity index (χ4n) is 2.62. The third-order valence-electron chi connectivity index (χ3n) is 3.57. The summed E-state index contributed by atoms with van der Waals surface area (Å²) in [6.45, 7) is 0. The molecule has 21 heavy (non-hydrogen) atoms. The number of aromatic nitrogens is 2. The quantitative estimate of drug-likeness (QED) is 0.845. The van der Waals surface area contributed by atoms with Crippen molar-refractivity contribution in [3.63, 3.8) is 0 Å². The van der Waals surface area contributed by atoms with E-state index in [0.29, 0.717) is 0 Å². The van der Waals surface area contributed by atoms with E-state index in [9.17, 15) is 4.79 Å². The average molecular weight is 327 g/mol. The van der Waals surface area contributed by atoms with Gasteiger partial charge in [0.25, 0.3) is 0 Å². The third-order valence-corrected chi connectivity index (χ3v) is 4.65. The third kappa shape index (κ3) is 3.36. The molecule has 1 aliphatic carbocycles. The molecule has 1 saturated carbocycles. The van der Waals surface area contributed by atoms with Crippen molar-refractivity contribution in [1.82, 2.24) is 9.97 Å². The molecule has 0 saturated heterocycles. The van der Waals surface area contributed by atoms with Gasteiger partial charge in [-0.3, -0.25) is 0 Å². The number of hydrogen-bond donors (Lipinski definition) is 2. The molecule has 2 aromatic rings. The molecule has 112 valence electrons. The van der Waals surface area contributed by atoms with E-state index >= 15 is 0 Å². The zero-order valence-electron chi connectivity index (χ0n) is 11.2. The smallest absolute Gasteiger partial charge is 0.404 e. The Morgan fingerprint density at radius 3 is 2.86 bits per heavy atom. The van der Waals surface area contributed by atoms with Crippen LogP contribution in [0.4, 0.5) is 10.6 Å². The summed E-state index contributed by atoms with van der Waals surface area (Å²) in [5.74, 6) is 0.777. The summed E-state index contributed by atoms with van der Waals surface area (Å²) in [5.41, 5.74) is 5.90. The van der Waals surface area contributed by atoms with Gasteiger partial charge in [0, 0.05) is 6.04 Å². The number of ether oxygens (including phenoxy) is 1. The van der Waals surface area contributed by atoms with Gasteiger partial charge in [-0.25, -0.2) is 9.78 Å². The summed E-state index contributed by atoms with van der Waals surface area (Å²) < 4.78 is 6.04. The minimum absolute atomic E-state index is 0.0729. The summed E-state index contributed by atoms with van der Waals surface area (Å²) in [7, 11) is 0. The van der Waals surface area contributed by atoms with Crippen LogP contribution >= 0.6 is 22.9 Å². The maximum absolute atomic E-state index is 10.7. The van der Waals surface area contributed by atoms with Gasteiger partial charge in [0.2, 0.25) is 5.28 Å². The first-order chi connectivity index (χ1) is 10.1. The van der Waals surface area contributed by atoms with Crippen molar-refractivity contribution in [2.45, 2.75) is 37.8 Å². The standard InChI is InChI=1S/C13H15ClN4O2S/c14-12-17-9-5-6-21-10(9)11(18-12)16-7-1-3-8(4-2-7)20-13(15)19/h5-8H,1-4H2,(H2,15,19)(H,16,17,18). The number of amides is 1. The van der Waals surface area contributed by atoms with E-state index in [1.807, 2.05) is 11.4 Å². The zero-order valence-corrected chi connectivity index (χ0v) is 12.8. The van der Waals surface area contributed by atoms with E-state index < -0.39 is 6.09 Å². The van der Waals surface area contributed by atoms with Gasteiger partial charge in [0.15, 0.2) is 0 Å². The number of primary amides is 1. The Morgan fingerprint density at radius 1 is 1.38 bits per heavy atom. The Hall–Kier alpha value is -1.60. The normalized spacial score (nSPS) is 22.1. The van der Waals surface area contributed by atoms with Crippen molar-refractivity contribution in [1.29, 1.82) is 0 Å². The predicted octanol–water partition coefficient (Wildman–Crippen LogP) is 3.16. The number of halogens is 1. The number of fused-ring (bicyclic) bond motifs is 1. The number of nitrogens with two attached hydrogens (primary N) is 1. The molecule has 1 aliphatic rings. The maximum atomic E-state index is 10.7. The van der Waals surface area contributed by atoms with Crippen LogP contribution in [-0.4, -0.2) is 28.2 Å². The summed E-state index contributed by atoms with van der Waals surface area (Å²) in [6.07, 6.45) is 2.62. The van der Waals surface area contributed by atoms with Crippen molar-refractivity contribution in [3.05, 3.63) is 16.7 Å². The van der Waals surface area contributed by atoms with Crippen molar-refractivity contribution in [3.8, 4) is 0 Å². The molecule has 6 nitrogen and oxygen atoms in total. The molecule has 3 rings (SSSR count). The largest absolute Gasteiger partial charge is 0.446 e. The highest BCUT2D eigenvalue weighted by Crippen LogP contribution is 2.30. The highest BCUT2D eigenvalue weighted by atomic mass is 35.5. The number of carbonyl (C=O) groups is 1. The van der Waals surface area contributed by atoms with Gasteiger partial charge in [-0.2, -0.15) is 4.98 Å². The fourth-order valence-corrected chi connectivity index (χ4v) is 3.57. The second-order valence-corrected chi connectivity index (χ2v) is 6.29. The maximum Gasteiger partial charge on any atom is 0.404 e. The highest BCUT2D eigenvalue weighted by molar-refractivity contribution is 7.17. The number of nitrogens with one attached hydrogen (secondary N) is 1. The fraction of sp³-hybridized carbons (Fsp3) is 0.462. The zero-order chi connectivity index (χ0) is 14.8. The molecule has 3 N–H and O–H groups in total. The van der Waals surface area contributed by atoms with Gasteiger partial charge in [-0.15, -0.1) is 11.3 Å². The lowest BCUT2D eigenvalue weighted by Gasteiger charge is -2.28. The molecular weight excluding hydrogens is 312 g/mol. The number of carbonyl (C=O) groups excluding carboxylic acids is 1. The van der Waals surface area contributed by atoms with Gasteiger partial charge in [0.1, 0.15) is 11.9 Å². The van der Waals surface area contributed by atoms with Crippen LogP contribution in [0.3, 0.4) is 0 Å². The second-order valence-electron chi connectivity index (χ2n) is 5.03. The Morgan fingerprint density at radius 2 is 2.14 bits per heavy atom. The van der Waals surface area contributed by atoms with Gasteiger partial charge in [0.05, 0.1) is 10.2 Å². The minimum atomic E-state index is -0.700. The van der Waals surface area contributed by atoms with Crippen LogP contribution in [0.5, 0.6) is 0 Å². The number of hydrogen-bond acceptors (Lipinski definition) is 6. The average Bonchev–Trinajstić information content (AvgIpc) is 2.88. The summed E-state index contributed by atoms with van der Waals surface area (Å²) in [4.78, 5) is 19.2. The lowest BCUT2D eigenvalue weighted by molar-refractivity contribution is 0.0805. The highest BCUT2D eigenvalue weighted by Gasteiger charge is 2.24. The molecule has 0 atom stereocenters. The van der Waals surface area contributed by atoms with E-state index in [1.54, 1.807) is 11.3 Å². The Bertz CT molecular complexity index is 655. The van der Waals surface area contributed by atoms with Crippen LogP contribution in [0.25, 0.3) is 10.2 Å². The van der Waals surface area contributed by atoms with Crippen LogP contribution in [0.15, 0.2) is 11.4 Å². The topological polar surface area (TPSA) is 90.1 Å². The van der Waals surface area contributed by atoms with Crippen LogP contribution in [0.1, 0.15) is 25.7 Å². The molecule has 1 fully saturated rings. The predicted molar refractivity (Wildman–Crippen MR) is 82.8 cm³/mol. The van der Waals surface area contributed by atoms with Crippen molar-refractivity contribution in [2.75, 3.05) is 5.32 Å². The lowest BCUT2D eigenvalue weighted by Crippen LogP contribution is -2.32. The van der Waals surface area contributed by atoms with Gasteiger partial charge in [-0.1, -0.05) is 0 Å². The number of rotatable bonds is 3. The van der Waals surface area contributed by atoms with Gasteiger partial charge < -0.3 is 15.8 Å². The van der Waals surface area contributed by atoms with Crippen molar-refractivity contribution >= 4 is 45.1 Å². The molecule has 0 aliphatic heterocycles. The Balaban J connectivity index is 1.67. The Labute approximate surface area is 130 Å². The first kappa shape index (κ1) is 14.3.